The molecule has 0 bridgehead atoms. The first-order valence-corrected chi connectivity index (χ1v) is 5.71. The zero-order valence-electron chi connectivity index (χ0n) is 9.79. The van der Waals surface area contributed by atoms with Gasteiger partial charge < -0.3 is 5.11 Å². The first kappa shape index (κ1) is 11.4. The maximum Gasteiger partial charge on any atom is 0.335 e. The predicted molar refractivity (Wildman–Crippen MR) is 68.3 cm³/mol. The minimum Gasteiger partial charge on any atom is -0.478 e. The molecule has 5 nitrogen and oxygen atoms in total. The number of carboxylic acids is 1. The average Bonchev–Trinajstić information content (AvgIpc) is 2.75. The van der Waals surface area contributed by atoms with Gasteiger partial charge in [-0.15, -0.1) is 0 Å². The molecule has 0 spiro atoms. The van der Waals surface area contributed by atoms with Crippen molar-refractivity contribution in [2.75, 3.05) is 0 Å². The summed E-state index contributed by atoms with van der Waals surface area (Å²) >= 11 is 0. The molecule has 5 heteroatoms. The minimum absolute atomic E-state index is 0.0310. The second kappa shape index (κ2) is 3.91. The van der Waals surface area contributed by atoms with Crippen LogP contribution in [0.3, 0.4) is 0 Å². The van der Waals surface area contributed by atoms with Gasteiger partial charge >= 0.3 is 5.97 Å². The van der Waals surface area contributed by atoms with Crippen LogP contribution in [0.5, 0.6) is 0 Å². The Kier molecular flexibility index (Phi) is 2.35. The number of benzene rings is 2. The number of fused-ring (bicyclic) bond motifs is 3. The zero-order valence-corrected chi connectivity index (χ0v) is 9.79. The smallest absolute Gasteiger partial charge is 0.335 e. The van der Waals surface area contributed by atoms with Crippen LogP contribution in [0.2, 0.25) is 0 Å². The fourth-order valence-corrected chi connectivity index (χ4v) is 2.52. The molecule has 0 amide bonds. The molecule has 3 rings (SSSR count). The lowest BCUT2D eigenvalue weighted by atomic mass is 10.0. The lowest BCUT2D eigenvalue weighted by Gasteiger charge is -2.03. The molecule has 19 heavy (non-hydrogen) atoms. The molecule has 0 aliphatic heterocycles. The van der Waals surface area contributed by atoms with E-state index in [1.807, 2.05) is 6.07 Å². The Bertz CT molecular complexity index is 721. The van der Waals surface area contributed by atoms with E-state index in [-0.39, 0.29) is 11.3 Å². The summed E-state index contributed by atoms with van der Waals surface area (Å²) in [6, 6.07) is 9.74. The highest BCUT2D eigenvalue weighted by atomic mass is 16.6. The van der Waals surface area contributed by atoms with Crippen LogP contribution in [0.1, 0.15) is 21.5 Å². The van der Waals surface area contributed by atoms with E-state index in [1.54, 1.807) is 18.2 Å². The third-order valence-electron chi connectivity index (χ3n) is 3.36. The van der Waals surface area contributed by atoms with E-state index >= 15 is 0 Å². The highest BCUT2D eigenvalue weighted by molar-refractivity contribution is 5.94. The van der Waals surface area contributed by atoms with E-state index in [0.29, 0.717) is 6.42 Å². The molecule has 0 heterocycles. The summed E-state index contributed by atoms with van der Waals surface area (Å²) in [6.45, 7) is 0. The maximum atomic E-state index is 11.2. The Labute approximate surface area is 108 Å². The van der Waals surface area contributed by atoms with Crippen LogP contribution in [0.25, 0.3) is 11.1 Å². The lowest BCUT2D eigenvalue weighted by molar-refractivity contribution is -0.384. The van der Waals surface area contributed by atoms with Crippen LogP contribution in [-0.2, 0) is 6.42 Å². The van der Waals surface area contributed by atoms with E-state index in [2.05, 4.69) is 0 Å². The Hall–Kier alpha value is -2.69. The van der Waals surface area contributed by atoms with Gasteiger partial charge in [0.05, 0.1) is 10.5 Å². The Morgan fingerprint density at radius 3 is 2.68 bits per heavy atom. The molecule has 0 aromatic heterocycles. The highest BCUT2D eigenvalue weighted by Gasteiger charge is 2.24. The van der Waals surface area contributed by atoms with Gasteiger partial charge in [-0.1, -0.05) is 12.1 Å². The number of carboxylic acid groups (broad SMARTS) is 1. The summed E-state index contributed by atoms with van der Waals surface area (Å²) in [5, 5.41) is 19.9. The third-order valence-corrected chi connectivity index (χ3v) is 3.36. The summed E-state index contributed by atoms with van der Waals surface area (Å²) in [5.41, 5.74) is 3.55. The van der Waals surface area contributed by atoms with E-state index in [1.165, 1.54) is 12.1 Å². The SMILES string of the molecule is O=C(O)c1cccc2c1Cc1cc([N+](=O)[O-])ccc1-2. The Morgan fingerprint density at radius 1 is 1.21 bits per heavy atom. The van der Waals surface area contributed by atoms with E-state index in [0.717, 1.165) is 22.3 Å². The van der Waals surface area contributed by atoms with Gasteiger partial charge in [0.15, 0.2) is 0 Å². The number of nitro benzene ring substituents is 1. The lowest BCUT2D eigenvalue weighted by Crippen LogP contribution is -2.01. The number of non-ortho nitro benzene ring substituents is 1. The molecule has 2 aromatic carbocycles. The second-order valence-corrected chi connectivity index (χ2v) is 4.41. The quantitative estimate of drug-likeness (QED) is 0.564. The molecule has 1 aliphatic rings. The Balaban J connectivity index is 2.18. The fraction of sp³-hybridized carbons (Fsp3) is 0.0714. The van der Waals surface area contributed by atoms with Crippen molar-refractivity contribution in [1.82, 2.24) is 0 Å². The molecular weight excluding hydrogens is 246 g/mol. The van der Waals surface area contributed by atoms with Crippen molar-refractivity contribution in [1.29, 1.82) is 0 Å². The van der Waals surface area contributed by atoms with Crippen LogP contribution in [0.15, 0.2) is 36.4 Å². The van der Waals surface area contributed by atoms with Gasteiger partial charge in [-0.3, -0.25) is 10.1 Å². The first-order chi connectivity index (χ1) is 9.08. The normalized spacial score (nSPS) is 11.8. The van der Waals surface area contributed by atoms with Gasteiger partial charge in [-0.25, -0.2) is 4.79 Å². The van der Waals surface area contributed by atoms with Crippen molar-refractivity contribution in [3.05, 3.63) is 63.2 Å². The standard InChI is InChI=1S/C14H9NO4/c16-14(17)12-3-1-2-11-10-5-4-9(15(18)19)6-8(10)7-13(11)12/h1-6H,7H2,(H,16,17). The molecule has 0 saturated carbocycles. The van der Waals surface area contributed by atoms with Crippen molar-refractivity contribution in [3.63, 3.8) is 0 Å². The Morgan fingerprint density at radius 2 is 2.00 bits per heavy atom. The van der Waals surface area contributed by atoms with Crippen molar-refractivity contribution >= 4 is 11.7 Å². The van der Waals surface area contributed by atoms with Gasteiger partial charge in [0.2, 0.25) is 0 Å². The molecule has 0 unspecified atom stereocenters. The molecule has 94 valence electrons. The molecule has 0 saturated heterocycles. The number of carbonyl (C=O) groups is 1. The summed E-state index contributed by atoms with van der Waals surface area (Å²) in [6.07, 6.45) is 0.425. The van der Waals surface area contributed by atoms with Crippen molar-refractivity contribution in [2.24, 2.45) is 0 Å². The number of aromatic carboxylic acids is 1. The van der Waals surface area contributed by atoms with Crippen molar-refractivity contribution < 1.29 is 14.8 Å². The summed E-state index contributed by atoms with van der Waals surface area (Å²) < 4.78 is 0. The van der Waals surface area contributed by atoms with Crippen LogP contribution in [0.4, 0.5) is 5.69 Å². The van der Waals surface area contributed by atoms with Gasteiger partial charge in [0, 0.05) is 12.1 Å². The van der Waals surface area contributed by atoms with Crippen LogP contribution in [-0.4, -0.2) is 16.0 Å². The van der Waals surface area contributed by atoms with Crippen LogP contribution >= 0.6 is 0 Å². The monoisotopic (exact) mass is 255 g/mol. The largest absolute Gasteiger partial charge is 0.478 e. The highest BCUT2D eigenvalue weighted by Crippen LogP contribution is 2.39. The van der Waals surface area contributed by atoms with Gasteiger partial charge in [0.25, 0.3) is 5.69 Å². The van der Waals surface area contributed by atoms with Crippen LogP contribution in [0, 0.1) is 10.1 Å². The third kappa shape index (κ3) is 1.67. The average molecular weight is 255 g/mol. The number of hydrogen-bond acceptors (Lipinski definition) is 3. The maximum absolute atomic E-state index is 11.2. The first-order valence-electron chi connectivity index (χ1n) is 5.71. The van der Waals surface area contributed by atoms with Gasteiger partial charge in [-0.2, -0.15) is 0 Å². The van der Waals surface area contributed by atoms with Crippen LogP contribution < -0.4 is 0 Å². The molecule has 0 radical (unpaired) electrons. The van der Waals surface area contributed by atoms with Crippen molar-refractivity contribution in [3.8, 4) is 11.1 Å². The number of nitro groups is 1. The van der Waals surface area contributed by atoms with E-state index in [9.17, 15) is 14.9 Å². The zero-order chi connectivity index (χ0) is 13.6. The second-order valence-electron chi connectivity index (χ2n) is 4.41. The molecule has 0 fully saturated rings. The van der Waals surface area contributed by atoms with Gasteiger partial charge in [-0.05, 0) is 40.8 Å². The molecule has 1 aliphatic carbocycles. The number of hydrogen-bond donors (Lipinski definition) is 1. The number of rotatable bonds is 2. The molecule has 1 N–H and O–H groups in total. The van der Waals surface area contributed by atoms with E-state index < -0.39 is 10.9 Å². The van der Waals surface area contributed by atoms with Crippen molar-refractivity contribution in [2.45, 2.75) is 6.42 Å². The summed E-state index contributed by atoms with van der Waals surface area (Å²) in [4.78, 5) is 21.5. The molecule has 2 aromatic rings. The predicted octanol–water partition coefficient (Wildman–Crippen LogP) is 2.86. The topological polar surface area (TPSA) is 80.4 Å². The summed E-state index contributed by atoms with van der Waals surface area (Å²) in [5.74, 6) is -0.973. The minimum atomic E-state index is -0.973. The molecule has 0 atom stereocenters. The van der Waals surface area contributed by atoms with E-state index in [4.69, 9.17) is 5.11 Å². The number of nitrogens with zero attached hydrogens (tertiary/aromatic N) is 1. The molecular formula is C14H9NO4. The summed E-state index contributed by atoms with van der Waals surface area (Å²) in [7, 11) is 0. The fourth-order valence-electron chi connectivity index (χ4n) is 2.52. The van der Waals surface area contributed by atoms with Gasteiger partial charge in [0.1, 0.15) is 0 Å².